The Kier molecular flexibility index (Phi) is 3.35. The van der Waals surface area contributed by atoms with Crippen molar-refractivity contribution in [3.8, 4) is 11.5 Å². The molecule has 2 heterocycles. The van der Waals surface area contributed by atoms with Gasteiger partial charge in [0.15, 0.2) is 0 Å². The molecule has 4 heteroatoms. The lowest BCUT2D eigenvalue weighted by molar-refractivity contribution is 0.430. The quantitative estimate of drug-likeness (QED) is 0.737. The molecule has 0 spiro atoms. The molecule has 0 N–H and O–H groups in total. The van der Waals surface area contributed by atoms with Crippen molar-refractivity contribution >= 4 is 5.95 Å². The number of hydrogen-bond donors (Lipinski definition) is 0. The number of aromatic nitrogens is 2. The molecular formula is C18H17N3O. The molecule has 1 aromatic heterocycles. The molecule has 0 saturated carbocycles. The van der Waals surface area contributed by atoms with Crippen LogP contribution < -0.4 is 4.90 Å². The predicted octanol–water partition coefficient (Wildman–Crippen LogP) is 3.73. The van der Waals surface area contributed by atoms with E-state index < -0.39 is 0 Å². The van der Waals surface area contributed by atoms with Crippen LogP contribution >= 0.6 is 0 Å². The smallest absolute Gasteiger partial charge is 0.266 e. The number of rotatable bonds is 3. The number of nitrogens with zero attached hydrogens (tertiary/aromatic N) is 3. The summed E-state index contributed by atoms with van der Waals surface area (Å²) in [5.74, 6) is 1.82. The molecule has 22 heavy (non-hydrogen) atoms. The standard InChI is InChI=1S/C18H17N3O/c1-3-7-14(8-4-1)16-11-12-21(13-16)18-19-17(22-20-18)15-9-5-2-6-10-15/h1-10,16H,11-13H2. The first-order chi connectivity index (χ1) is 10.9. The molecule has 0 radical (unpaired) electrons. The first-order valence-corrected chi connectivity index (χ1v) is 7.59. The van der Waals surface area contributed by atoms with Gasteiger partial charge in [-0.2, -0.15) is 4.98 Å². The van der Waals surface area contributed by atoms with E-state index in [9.17, 15) is 0 Å². The minimum absolute atomic E-state index is 0.542. The van der Waals surface area contributed by atoms with Gasteiger partial charge in [-0.05, 0) is 29.3 Å². The van der Waals surface area contributed by atoms with E-state index in [-0.39, 0.29) is 0 Å². The van der Waals surface area contributed by atoms with Crippen molar-refractivity contribution in [3.05, 3.63) is 66.2 Å². The summed E-state index contributed by atoms with van der Waals surface area (Å²) in [6.45, 7) is 1.91. The third-order valence-corrected chi connectivity index (χ3v) is 4.18. The maximum atomic E-state index is 5.40. The summed E-state index contributed by atoms with van der Waals surface area (Å²) >= 11 is 0. The van der Waals surface area contributed by atoms with Crippen LogP contribution in [-0.4, -0.2) is 23.2 Å². The topological polar surface area (TPSA) is 42.2 Å². The van der Waals surface area contributed by atoms with Crippen molar-refractivity contribution in [1.82, 2.24) is 10.1 Å². The van der Waals surface area contributed by atoms with Crippen LogP contribution in [0.2, 0.25) is 0 Å². The summed E-state index contributed by atoms with van der Waals surface area (Å²) in [7, 11) is 0. The Morgan fingerprint density at radius 2 is 1.68 bits per heavy atom. The van der Waals surface area contributed by atoms with Gasteiger partial charge in [0.05, 0.1) is 0 Å². The van der Waals surface area contributed by atoms with Crippen LogP contribution in [0.15, 0.2) is 65.2 Å². The summed E-state index contributed by atoms with van der Waals surface area (Å²) in [5.41, 5.74) is 2.34. The lowest BCUT2D eigenvalue weighted by Crippen LogP contribution is -2.20. The van der Waals surface area contributed by atoms with Gasteiger partial charge in [-0.25, -0.2) is 0 Å². The van der Waals surface area contributed by atoms with E-state index in [1.54, 1.807) is 0 Å². The van der Waals surface area contributed by atoms with Crippen LogP contribution in [0.3, 0.4) is 0 Å². The van der Waals surface area contributed by atoms with Gasteiger partial charge in [-0.15, -0.1) is 0 Å². The van der Waals surface area contributed by atoms with E-state index in [4.69, 9.17) is 4.52 Å². The van der Waals surface area contributed by atoms with Gasteiger partial charge >= 0.3 is 0 Å². The van der Waals surface area contributed by atoms with Crippen LogP contribution in [0.4, 0.5) is 5.95 Å². The zero-order valence-corrected chi connectivity index (χ0v) is 12.2. The molecule has 1 saturated heterocycles. The fourth-order valence-electron chi connectivity index (χ4n) is 2.98. The Balaban J connectivity index is 1.51. The third kappa shape index (κ3) is 2.48. The highest BCUT2D eigenvalue weighted by Crippen LogP contribution is 2.30. The Morgan fingerprint density at radius 1 is 0.955 bits per heavy atom. The van der Waals surface area contributed by atoms with Crippen LogP contribution in [0.25, 0.3) is 11.5 Å². The Bertz CT molecular complexity index is 739. The molecule has 4 rings (SSSR count). The zero-order valence-electron chi connectivity index (χ0n) is 12.2. The monoisotopic (exact) mass is 291 g/mol. The number of anilines is 1. The second-order valence-corrected chi connectivity index (χ2v) is 5.61. The molecule has 3 aromatic rings. The van der Waals surface area contributed by atoms with Gasteiger partial charge in [-0.1, -0.05) is 48.5 Å². The lowest BCUT2D eigenvalue weighted by atomic mass is 9.99. The molecule has 2 aromatic carbocycles. The SMILES string of the molecule is c1ccc(-c2nc(N3CCC(c4ccccc4)C3)no2)cc1. The maximum absolute atomic E-state index is 5.40. The molecule has 1 atom stereocenters. The minimum Gasteiger partial charge on any atom is -0.338 e. The lowest BCUT2D eigenvalue weighted by Gasteiger charge is -2.13. The van der Waals surface area contributed by atoms with E-state index in [1.807, 2.05) is 30.3 Å². The van der Waals surface area contributed by atoms with Crippen molar-refractivity contribution in [1.29, 1.82) is 0 Å². The van der Waals surface area contributed by atoms with E-state index in [0.717, 1.165) is 25.1 Å². The van der Waals surface area contributed by atoms with Crippen LogP contribution in [0, 0.1) is 0 Å². The number of hydrogen-bond acceptors (Lipinski definition) is 4. The highest BCUT2D eigenvalue weighted by Gasteiger charge is 2.27. The summed E-state index contributed by atoms with van der Waals surface area (Å²) in [4.78, 5) is 6.74. The summed E-state index contributed by atoms with van der Waals surface area (Å²) in [6.07, 6.45) is 1.12. The molecule has 0 bridgehead atoms. The van der Waals surface area contributed by atoms with Crippen molar-refractivity contribution in [2.75, 3.05) is 18.0 Å². The van der Waals surface area contributed by atoms with Gasteiger partial charge < -0.3 is 9.42 Å². The number of benzene rings is 2. The van der Waals surface area contributed by atoms with Gasteiger partial charge in [0.1, 0.15) is 0 Å². The van der Waals surface area contributed by atoms with Crippen LogP contribution in [0.5, 0.6) is 0 Å². The Hall–Kier alpha value is -2.62. The van der Waals surface area contributed by atoms with Gasteiger partial charge in [0.25, 0.3) is 11.8 Å². The molecular weight excluding hydrogens is 274 g/mol. The van der Waals surface area contributed by atoms with Gasteiger partial charge in [0, 0.05) is 24.6 Å². The first-order valence-electron chi connectivity index (χ1n) is 7.59. The second-order valence-electron chi connectivity index (χ2n) is 5.61. The minimum atomic E-state index is 0.542. The molecule has 0 aliphatic carbocycles. The van der Waals surface area contributed by atoms with Gasteiger partial charge in [0.2, 0.25) is 0 Å². The van der Waals surface area contributed by atoms with E-state index in [0.29, 0.717) is 17.8 Å². The molecule has 1 unspecified atom stereocenters. The molecule has 1 fully saturated rings. The van der Waals surface area contributed by atoms with E-state index >= 15 is 0 Å². The molecule has 1 aliphatic heterocycles. The Morgan fingerprint density at radius 3 is 2.45 bits per heavy atom. The van der Waals surface area contributed by atoms with Crippen LogP contribution in [0.1, 0.15) is 17.9 Å². The highest BCUT2D eigenvalue weighted by molar-refractivity contribution is 5.54. The highest BCUT2D eigenvalue weighted by atomic mass is 16.5. The van der Waals surface area contributed by atoms with Crippen LogP contribution in [-0.2, 0) is 0 Å². The van der Waals surface area contributed by atoms with Crippen molar-refractivity contribution < 1.29 is 4.52 Å². The van der Waals surface area contributed by atoms with Crippen molar-refractivity contribution in [2.24, 2.45) is 0 Å². The van der Waals surface area contributed by atoms with Gasteiger partial charge in [-0.3, -0.25) is 0 Å². The van der Waals surface area contributed by atoms with Crippen molar-refractivity contribution in [2.45, 2.75) is 12.3 Å². The molecule has 1 aliphatic rings. The fraction of sp³-hybridized carbons (Fsp3) is 0.222. The summed E-state index contributed by atoms with van der Waals surface area (Å²) in [6, 6.07) is 20.5. The third-order valence-electron chi connectivity index (χ3n) is 4.18. The average Bonchev–Trinajstić information content (AvgIpc) is 3.26. The largest absolute Gasteiger partial charge is 0.338 e. The molecule has 4 nitrogen and oxygen atoms in total. The second kappa shape index (κ2) is 5.64. The average molecular weight is 291 g/mol. The first kappa shape index (κ1) is 13.1. The summed E-state index contributed by atoms with van der Waals surface area (Å²) in [5, 5.41) is 4.14. The summed E-state index contributed by atoms with van der Waals surface area (Å²) < 4.78 is 5.40. The normalized spacial score (nSPS) is 17.8. The Labute approximate surface area is 129 Å². The molecule has 0 amide bonds. The van der Waals surface area contributed by atoms with E-state index in [1.165, 1.54) is 5.56 Å². The maximum Gasteiger partial charge on any atom is 0.266 e. The zero-order chi connectivity index (χ0) is 14.8. The predicted molar refractivity (Wildman–Crippen MR) is 85.7 cm³/mol. The molecule has 110 valence electrons. The van der Waals surface area contributed by atoms with E-state index in [2.05, 4.69) is 45.4 Å². The fourth-order valence-corrected chi connectivity index (χ4v) is 2.98. The van der Waals surface area contributed by atoms with Crippen molar-refractivity contribution in [3.63, 3.8) is 0 Å².